The Labute approximate surface area is 187 Å². The number of hydrogen-bond donors (Lipinski definition) is 4. The molecule has 178 valence electrons. The molecule has 1 amide bonds. The molecule has 3 rings (SSSR count). The van der Waals surface area contributed by atoms with Crippen LogP contribution in [0.5, 0.6) is 0 Å². The number of nitrogens with one attached hydrogen (secondary N) is 4. The summed E-state index contributed by atoms with van der Waals surface area (Å²) >= 11 is 6.22. The first kappa shape index (κ1) is 24.6. The van der Waals surface area contributed by atoms with Crippen LogP contribution in [-0.4, -0.2) is 41.7 Å². The molecule has 1 saturated heterocycles. The Morgan fingerprint density at radius 3 is 2.26 bits per heavy atom. The first-order valence-electron chi connectivity index (χ1n) is 11.5. The fourth-order valence-electron chi connectivity index (χ4n) is 4.87. The van der Waals surface area contributed by atoms with Crippen molar-refractivity contribution in [2.75, 3.05) is 0 Å². The van der Waals surface area contributed by atoms with E-state index in [2.05, 4.69) is 26.5 Å². The number of nitrogens with zero attached hydrogens (tertiary/aromatic N) is 1. The molecular formula is C21H35ClF3N5O. The van der Waals surface area contributed by atoms with Crippen molar-refractivity contribution in [1.82, 2.24) is 21.5 Å². The first-order valence-corrected chi connectivity index (χ1v) is 11.9. The summed E-state index contributed by atoms with van der Waals surface area (Å²) in [4.78, 5) is 17.4. The third-order valence-corrected chi connectivity index (χ3v) is 7.13. The second-order valence-corrected chi connectivity index (χ2v) is 10.1. The number of rotatable bonds is 4. The summed E-state index contributed by atoms with van der Waals surface area (Å²) in [5, 5.41) is 6.28. The van der Waals surface area contributed by atoms with Crippen molar-refractivity contribution in [3.05, 3.63) is 0 Å². The fraction of sp³-hybridized carbons (Fsp3) is 0.905. The quantitative estimate of drug-likeness (QED) is 0.289. The van der Waals surface area contributed by atoms with Gasteiger partial charge in [0.25, 0.3) is 0 Å². The molecule has 1 aliphatic heterocycles. The van der Waals surface area contributed by atoms with Gasteiger partial charge in [-0.05, 0) is 71.1 Å². The Hall–Kier alpha value is -1.06. The van der Waals surface area contributed by atoms with Crippen molar-refractivity contribution in [2.24, 2.45) is 22.7 Å². The SMILES string of the molecule is CC(C)N/C(=N\C1CC(C2CCC(Cl)CC2)NN1)NC(=O)C1CCC(C(F)(F)F)CC1. The Morgan fingerprint density at radius 1 is 1.03 bits per heavy atom. The van der Waals surface area contributed by atoms with Crippen LogP contribution in [0.3, 0.4) is 0 Å². The van der Waals surface area contributed by atoms with Crippen molar-refractivity contribution < 1.29 is 18.0 Å². The van der Waals surface area contributed by atoms with Gasteiger partial charge in [-0.25, -0.2) is 10.4 Å². The highest BCUT2D eigenvalue weighted by atomic mass is 35.5. The van der Waals surface area contributed by atoms with Gasteiger partial charge >= 0.3 is 6.18 Å². The lowest BCUT2D eigenvalue weighted by Crippen LogP contribution is -2.48. The molecule has 0 aromatic rings. The van der Waals surface area contributed by atoms with E-state index in [0.717, 1.165) is 32.1 Å². The lowest BCUT2D eigenvalue weighted by molar-refractivity contribution is -0.184. The maximum Gasteiger partial charge on any atom is 0.391 e. The van der Waals surface area contributed by atoms with Crippen LogP contribution in [-0.2, 0) is 4.79 Å². The van der Waals surface area contributed by atoms with Crippen LogP contribution in [0.4, 0.5) is 13.2 Å². The van der Waals surface area contributed by atoms with E-state index in [0.29, 0.717) is 17.9 Å². The lowest BCUT2D eigenvalue weighted by Gasteiger charge is -2.29. The van der Waals surface area contributed by atoms with E-state index in [1.165, 1.54) is 0 Å². The minimum Gasteiger partial charge on any atom is -0.354 e. The summed E-state index contributed by atoms with van der Waals surface area (Å²) in [6.45, 7) is 3.90. The minimum atomic E-state index is -4.17. The van der Waals surface area contributed by atoms with Crippen molar-refractivity contribution in [3.63, 3.8) is 0 Å². The summed E-state index contributed by atoms with van der Waals surface area (Å²) in [5.41, 5.74) is 6.55. The average Bonchev–Trinajstić information content (AvgIpc) is 3.16. The van der Waals surface area contributed by atoms with Crippen LogP contribution < -0.4 is 21.5 Å². The van der Waals surface area contributed by atoms with E-state index in [1.807, 2.05) is 13.8 Å². The maximum absolute atomic E-state index is 12.9. The topological polar surface area (TPSA) is 77.6 Å². The number of hydrogen-bond acceptors (Lipinski definition) is 4. The van der Waals surface area contributed by atoms with Gasteiger partial charge in [0, 0.05) is 29.8 Å². The molecule has 6 nitrogen and oxygen atoms in total. The Kier molecular flexibility index (Phi) is 8.49. The van der Waals surface area contributed by atoms with Crippen molar-refractivity contribution in [2.45, 2.75) is 101 Å². The van der Waals surface area contributed by atoms with E-state index in [9.17, 15) is 18.0 Å². The molecule has 2 saturated carbocycles. The number of carbonyl (C=O) groups excluding carboxylic acids is 1. The maximum atomic E-state index is 12.9. The predicted octanol–water partition coefficient (Wildman–Crippen LogP) is 3.82. The smallest absolute Gasteiger partial charge is 0.354 e. The molecule has 0 radical (unpaired) electrons. The van der Waals surface area contributed by atoms with E-state index in [1.54, 1.807) is 0 Å². The first-order chi connectivity index (χ1) is 14.6. The van der Waals surface area contributed by atoms with Gasteiger partial charge in [-0.1, -0.05) is 0 Å². The normalized spacial score (nSPS) is 35.3. The number of aliphatic imine (C=N–C) groups is 1. The zero-order valence-corrected chi connectivity index (χ0v) is 19.0. The molecule has 3 aliphatic rings. The summed E-state index contributed by atoms with van der Waals surface area (Å²) in [6.07, 6.45) is 1.23. The number of hydrazine groups is 1. The number of guanidine groups is 1. The third kappa shape index (κ3) is 7.22. The molecule has 4 N–H and O–H groups in total. The molecule has 0 aromatic heterocycles. The zero-order valence-electron chi connectivity index (χ0n) is 18.3. The van der Waals surface area contributed by atoms with Gasteiger partial charge in [0.05, 0.1) is 5.92 Å². The summed E-state index contributed by atoms with van der Waals surface area (Å²) < 4.78 is 38.7. The van der Waals surface area contributed by atoms with Crippen LogP contribution >= 0.6 is 11.6 Å². The van der Waals surface area contributed by atoms with Crippen molar-refractivity contribution >= 4 is 23.5 Å². The number of carbonyl (C=O) groups is 1. The Balaban J connectivity index is 1.54. The lowest BCUT2D eigenvalue weighted by atomic mass is 9.81. The number of amides is 1. The van der Waals surface area contributed by atoms with Gasteiger partial charge in [0.2, 0.25) is 5.91 Å². The van der Waals surface area contributed by atoms with E-state index < -0.39 is 18.0 Å². The van der Waals surface area contributed by atoms with Crippen molar-refractivity contribution in [3.8, 4) is 0 Å². The molecule has 2 unspecified atom stereocenters. The van der Waals surface area contributed by atoms with Crippen LogP contribution in [0.1, 0.15) is 71.6 Å². The number of halogens is 4. The fourth-order valence-corrected chi connectivity index (χ4v) is 5.13. The second kappa shape index (κ2) is 10.7. The summed E-state index contributed by atoms with van der Waals surface area (Å²) in [7, 11) is 0. The average molecular weight is 466 g/mol. The van der Waals surface area contributed by atoms with Crippen LogP contribution in [0.15, 0.2) is 4.99 Å². The Morgan fingerprint density at radius 2 is 1.68 bits per heavy atom. The highest BCUT2D eigenvalue weighted by molar-refractivity contribution is 6.20. The summed E-state index contributed by atoms with van der Waals surface area (Å²) in [5.74, 6) is -1.02. The van der Waals surface area contributed by atoms with Crippen LogP contribution in [0.2, 0.25) is 0 Å². The summed E-state index contributed by atoms with van der Waals surface area (Å²) in [6, 6.07) is 0.371. The van der Waals surface area contributed by atoms with Crippen LogP contribution in [0, 0.1) is 17.8 Å². The van der Waals surface area contributed by atoms with Gasteiger partial charge in [-0.15, -0.1) is 11.6 Å². The van der Waals surface area contributed by atoms with Crippen molar-refractivity contribution in [1.29, 1.82) is 0 Å². The molecule has 0 aromatic carbocycles. The molecule has 3 fully saturated rings. The van der Waals surface area contributed by atoms with Gasteiger partial charge in [-0.3, -0.25) is 15.5 Å². The molecule has 0 bridgehead atoms. The third-order valence-electron chi connectivity index (χ3n) is 6.70. The molecule has 2 atom stereocenters. The molecule has 1 heterocycles. The highest BCUT2D eigenvalue weighted by Crippen LogP contribution is 2.39. The molecule has 31 heavy (non-hydrogen) atoms. The van der Waals surface area contributed by atoms with Gasteiger partial charge < -0.3 is 5.32 Å². The molecule has 10 heteroatoms. The predicted molar refractivity (Wildman–Crippen MR) is 115 cm³/mol. The standard InChI is InChI=1S/C21H35ClF3N5O/c1-12(2)26-20(28-19(31)14-3-7-15(8-4-14)21(23,24)25)27-18-11-17(29-30-18)13-5-9-16(22)10-6-13/h12-18,29-30H,3-11H2,1-2H3,(H2,26,27,28,31). The van der Waals surface area contributed by atoms with Crippen LogP contribution in [0.25, 0.3) is 0 Å². The number of alkyl halides is 4. The second-order valence-electron chi connectivity index (χ2n) is 9.51. The van der Waals surface area contributed by atoms with Gasteiger partial charge in [0.1, 0.15) is 6.17 Å². The highest BCUT2D eigenvalue weighted by Gasteiger charge is 2.42. The van der Waals surface area contributed by atoms with E-state index in [-0.39, 0.29) is 49.2 Å². The zero-order chi connectivity index (χ0) is 22.6. The van der Waals surface area contributed by atoms with E-state index in [4.69, 9.17) is 11.6 Å². The molecule has 0 spiro atoms. The van der Waals surface area contributed by atoms with E-state index >= 15 is 0 Å². The minimum absolute atomic E-state index is 0.00595. The van der Waals surface area contributed by atoms with Gasteiger partial charge in [-0.2, -0.15) is 13.2 Å². The Bertz CT molecular complexity index is 629. The molecule has 2 aliphatic carbocycles. The largest absolute Gasteiger partial charge is 0.391 e. The monoisotopic (exact) mass is 465 g/mol. The van der Waals surface area contributed by atoms with Gasteiger partial charge in [0.15, 0.2) is 5.96 Å². The molecular weight excluding hydrogens is 431 g/mol.